The number of nitro groups is 1. The number of hydrogen-bond donors (Lipinski definition) is 0. The van der Waals surface area contributed by atoms with Crippen molar-refractivity contribution in [1.82, 2.24) is 13.7 Å². The first kappa shape index (κ1) is 20.4. The SMILES string of the molecule is C[N+]1=c2c(c(=O)n(-c3ccccc3)c(=O)n2-c2ccccc2)=C(N=[N+]=[N-])C([N+](=O)[O-])C1=O. The number of rotatable bonds is 4. The molecule has 0 fully saturated rings. The van der Waals surface area contributed by atoms with E-state index in [0.29, 0.717) is 5.69 Å². The van der Waals surface area contributed by atoms with Crippen molar-refractivity contribution in [1.29, 1.82) is 0 Å². The number of amides is 1. The number of hydrogen-bond acceptors (Lipinski definition) is 6. The molecule has 32 heavy (non-hydrogen) atoms. The molecule has 12 nitrogen and oxygen atoms in total. The molecule has 1 unspecified atom stereocenters. The van der Waals surface area contributed by atoms with E-state index < -0.39 is 39.0 Å². The summed E-state index contributed by atoms with van der Waals surface area (Å²) in [6.07, 6.45) is 0. The van der Waals surface area contributed by atoms with E-state index in [2.05, 4.69) is 10.0 Å². The average Bonchev–Trinajstić information content (AvgIpc) is 2.78. The lowest BCUT2D eigenvalue weighted by molar-refractivity contribution is -0.493. The number of para-hydroxylation sites is 2. The Morgan fingerprint density at radius 1 is 1.00 bits per heavy atom. The predicted molar refractivity (Wildman–Crippen MR) is 112 cm³/mol. The molecule has 0 saturated heterocycles. The average molecular weight is 432 g/mol. The molecule has 1 aliphatic heterocycles. The van der Waals surface area contributed by atoms with E-state index in [4.69, 9.17) is 5.53 Å². The number of fused-ring (bicyclic) bond motifs is 1. The molecule has 2 aromatic carbocycles. The van der Waals surface area contributed by atoms with Gasteiger partial charge in [-0.2, -0.15) is 4.58 Å². The Balaban J connectivity index is 2.40. The van der Waals surface area contributed by atoms with Gasteiger partial charge in [-0.3, -0.25) is 14.9 Å². The van der Waals surface area contributed by atoms with Crippen LogP contribution in [-0.4, -0.2) is 33.1 Å². The largest absolute Gasteiger partial charge is 0.428 e. The highest BCUT2D eigenvalue weighted by atomic mass is 16.6. The van der Waals surface area contributed by atoms with Gasteiger partial charge in [-0.25, -0.2) is 14.2 Å². The highest BCUT2D eigenvalue weighted by Gasteiger charge is 2.44. The molecule has 0 radical (unpaired) electrons. The fourth-order valence-corrected chi connectivity index (χ4v) is 3.64. The summed E-state index contributed by atoms with van der Waals surface area (Å²) in [5.41, 5.74) is 6.89. The van der Waals surface area contributed by atoms with E-state index in [0.717, 1.165) is 13.7 Å². The van der Waals surface area contributed by atoms with Crippen LogP contribution in [0.3, 0.4) is 0 Å². The lowest BCUT2D eigenvalue weighted by atomic mass is 10.1. The third kappa shape index (κ3) is 2.99. The molecule has 1 amide bonds. The molecule has 1 atom stereocenters. The molecule has 1 aromatic heterocycles. The fourth-order valence-electron chi connectivity index (χ4n) is 3.64. The van der Waals surface area contributed by atoms with Gasteiger partial charge in [0.05, 0.1) is 12.7 Å². The second-order valence-corrected chi connectivity index (χ2v) is 6.79. The van der Waals surface area contributed by atoms with Gasteiger partial charge in [0.15, 0.2) is 0 Å². The molecule has 4 rings (SSSR count). The van der Waals surface area contributed by atoms with Crippen LogP contribution in [0, 0.1) is 10.1 Å². The normalized spacial score (nSPS) is 15.2. The van der Waals surface area contributed by atoms with E-state index in [1.54, 1.807) is 48.5 Å². The highest BCUT2D eigenvalue weighted by molar-refractivity contribution is 5.91. The van der Waals surface area contributed by atoms with Crippen molar-refractivity contribution in [2.75, 3.05) is 7.05 Å². The minimum absolute atomic E-state index is 0.201. The Bertz CT molecular complexity index is 1570. The lowest BCUT2D eigenvalue weighted by Gasteiger charge is -2.14. The zero-order valence-corrected chi connectivity index (χ0v) is 16.5. The molecule has 0 saturated carbocycles. The number of carbonyl (C=O) groups is 1. The van der Waals surface area contributed by atoms with Crippen LogP contribution in [0.5, 0.6) is 0 Å². The molecule has 3 aromatic rings. The number of carbonyl (C=O) groups excluding carboxylic acids is 1. The Morgan fingerprint density at radius 2 is 1.53 bits per heavy atom. The maximum Gasteiger partial charge on any atom is 0.428 e. The summed E-state index contributed by atoms with van der Waals surface area (Å²) in [5.74, 6) is -1.05. The predicted octanol–water partition coefficient (Wildman–Crippen LogP) is -0.287. The smallest absolute Gasteiger partial charge is 0.268 e. The molecule has 0 N–H and O–H groups in total. The van der Waals surface area contributed by atoms with Gasteiger partial charge in [0, 0.05) is 9.84 Å². The number of azide groups is 1. The van der Waals surface area contributed by atoms with Crippen LogP contribution >= 0.6 is 0 Å². The van der Waals surface area contributed by atoms with Crippen LogP contribution in [0.25, 0.3) is 27.5 Å². The Labute approximate surface area is 178 Å². The van der Waals surface area contributed by atoms with Gasteiger partial charge >= 0.3 is 23.1 Å². The zero-order chi connectivity index (χ0) is 23.0. The lowest BCUT2D eigenvalue weighted by Crippen LogP contribution is -2.67. The van der Waals surface area contributed by atoms with Crippen molar-refractivity contribution < 1.29 is 9.72 Å². The minimum atomic E-state index is -2.10. The Kier molecular flexibility index (Phi) is 4.97. The second kappa shape index (κ2) is 7.78. The zero-order valence-electron chi connectivity index (χ0n) is 16.5. The summed E-state index contributed by atoms with van der Waals surface area (Å²) in [7, 11) is 1.22. The Morgan fingerprint density at radius 3 is 2.03 bits per heavy atom. The van der Waals surface area contributed by atoms with E-state index in [-0.39, 0.29) is 11.2 Å². The summed E-state index contributed by atoms with van der Waals surface area (Å²) in [4.78, 5) is 53.2. The summed E-state index contributed by atoms with van der Waals surface area (Å²) in [6.45, 7) is 0. The van der Waals surface area contributed by atoms with Gasteiger partial charge in [-0.15, -0.1) is 4.57 Å². The van der Waals surface area contributed by atoms with Crippen molar-refractivity contribution in [3.8, 4) is 11.4 Å². The van der Waals surface area contributed by atoms with E-state index in [1.807, 2.05) is 0 Å². The standard InChI is InChI=1S/C20H14N7O5/c1-24-17-14(15(22-23-21)16(19(24)29)27(31)32)18(28)26(13-10-6-3-7-11-13)20(30)25(17)12-8-4-2-5-9-12/h2-11,16H,1H3/q+1. The van der Waals surface area contributed by atoms with Crippen LogP contribution in [0.1, 0.15) is 0 Å². The number of aromatic nitrogens is 2. The molecular weight excluding hydrogens is 418 g/mol. The Hall–Kier alpha value is -4.83. The maximum absolute atomic E-state index is 13.5. The first-order valence-corrected chi connectivity index (χ1v) is 9.24. The van der Waals surface area contributed by atoms with Crippen LogP contribution in [0.15, 0.2) is 75.4 Å². The first-order chi connectivity index (χ1) is 15.4. The van der Waals surface area contributed by atoms with Crippen LogP contribution in [-0.2, 0) is 4.79 Å². The second-order valence-electron chi connectivity index (χ2n) is 6.79. The molecule has 0 aliphatic carbocycles. The molecule has 1 aliphatic rings. The van der Waals surface area contributed by atoms with E-state index >= 15 is 0 Å². The molecule has 2 heterocycles. The molecule has 12 heteroatoms. The van der Waals surface area contributed by atoms with Gasteiger partial charge in [0.1, 0.15) is 16.6 Å². The van der Waals surface area contributed by atoms with Gasteiger partial charge in [-0.05, 0) is 29.8 Å². The highest BCUT2D eigenvalue weighted by Crippen LogP contribution is 2.11. The van der Waals surface area contributed by atoms with Crippen LogP contribution in [0.4, 0.5) is 0 Å². The van der Waals surface area contributed by atoms with Gasteiger partial charge < -0.3 is 0 Å². The van der Waals surface area contributed by atoms with Crippen LogP contribution < -0.4 is 26.5 Å². The third-order valence-corrected chi connectivity index (χ3v) is 5.02. The summed E-state index contributed by atoms with van der Waals surface area (Å²) in [5, 5.41) is 14.6. The number of likely N-dealkylation sites (N-methyl/N-ethyl adjacent to an activating group) is 1. The van der Waals surface area contributed by atoms with Crippen molar-refractivity contribution in [3.05, 3.63) is 113 Å². The summed E-state index contributed by atoms with van der Waals surface area (Å²) in [6, 6.07) is 14.0. The molecule has 0 bridgehead atoms. The van der Waals surface area contributed by atoms with Crippen molar-refractivity contribution >= 4 is 11.6 Å². The molecule has 0 spiro atoms. The monoisotopic (exact) mass is 432 g/mol. The van der Waals surface area contributed by atoms with Crippen molar-refractivity contribution in [2.24, 2.45) is 5.11 Å². The quantitative estimate of drug-likeness (QED) is 0.138. The van der Waals surface area contributed by atoms with Crippen LogP contribution in [0.2, 0.25) is 0 Å². The maximum atomic E-state index is 13.5. The van der Waals surface area contributed by atoms with Gasteiger partial charge in [0.25, 0.3) is 5.56 Å². The third-order valence-electron chi connectivity index (χ3n) is 5.02. The number of nitrogens with zero attached hydrogens (tertiary/aromatic N) is 7. The minimum Gasteiger partial charge on any atom is -0.268 e. The van der Waals surface area contributed by atoms with Gasteiger partial charge in [-0.1, -0.05) is 41.5 Å². The van der Waals surface area contributed by atoms with Gasteiger partial charge in [0.2, 0.25) is 0 Å². The molecule has 158 valence electrons. The topological polar surface area (TPSA) is 156 Å². The van der Waals surface area contributed by atoms with Crippen molar-refractivity contribution in [2.45, 2.75) is 6.04 Å². The molecular formula is C20H14N7O5+. The van der Waals surface area contributed by atoms with E-state index in [1.165, 1.54) is 19.2 Å². The number of benzene rings is 2. The summed E-state index contributed by atoms with van der Waals surface area (Å²) >= 11 is 0. The van der Waals surface area contributed by atoms with Crippen molar-refractivity contribution in [3.63, 3.8) is 0 Å². The first-order valence-electron chi connectivity index (χ1n) is 9.24. The summed E-state index contributed by atoms with van der Waals surface area (Å²) < 4.78 is 2.77. The van der Waals surface area contributed by atoms with E-state index in [9.17, 15) is 24.5 Å². The fraction of sp³-hybridized carbons (Fsp3) is 0.100.